The summed E-state index contributed by atoms with van der Waals surface area (Å²) in [4.78, 5) is 0. The molecule has 136 valence electrons. The number of aliphatic hydroxyl groups excluding tert-OH is 1. The summed E-state index contributed by atoms with van der Waals surface area (Å²) in [6, 6.07) is 6.24. The molecule has 0 aromatic heterocycles. The normalized spacial score (nSPS) is 40.8. The maximum absolute atomic E-state index is 11.1. The Kier molecular flexibility index (Phi) is 3.49. The van der Waals surface area contributed by atoms with Gasteiger partial charge in [-0.15, -0.1) is 0 Å². The molecule has 25 heavy (non-hydrogen) atoms. The Morgan fingerprint density at radius 2 is 2.16 bits per heavy atom. The molecule has 1 aromatic rings. The first kappa shape index (κ1) is 16.1. The van der Waals surface area contributed by atoms with Crippen LogP contribution in [0, 0.1) is 17.3 Å². The van der Waals surface area contributed by atoms with Crippen LogP contribution in [0.1, 0.15) is 49.7 Å². The van der Waals surface area contributed by atoms with Gasteiger partial charge in [-0.3, -0.25) is 5.73 Å². The molecule has 5 rings (SSSR count). The number of aryl methyl sites for hydroxylation is 1. The van der Waals surface area contributed by atoms with Gasteiger partial charge in [-0.25, -0.2) is 0 Å². The van der Waals surface area contributed by atoms with Gasteiger partial charge in [0, 0.05) is 17.8 Å². The lowest BCUT2D eigenvalue weighted by atomic mass is 9.53. The summed E-state index contributed by atoms with van der Waals surface area (Å²) in [6.07, 6.45) is 4.63. The molecule has 5 heteroatoms. The van der Waals surface area contributed by atoms with E-state index in [9.17, 15) is 5.11 Å². The van der Waals surface area contributed by atoms with Crippen molar-refractivity contribution in [3.63, 3.8) is 0 Å². The Bertz CT molecular complexity index is 688. The minimum atomic E-state index is -0.442. The fourth-order valence-corrected chi connectivity index (χ4v) is 6.45. The van der Waals surface area contributed by atoms with Crippen LogP contribution in [0.2, 0.25) is 0 Å². The fourth-order valence-electron chi connectivity index (χ4n) is 6.45. The predicted octanol–water partition coefficient (Wildman–Crippen LogP) is 2.51. The fraction of sp³-hybridized carbons (Fsp3) is 0.700. The van der Waals surface area contributed by atoms with E-state index in [4.69, 9.17) is 19.9 Å². The van der Waals surface area contributed by atoms with Gasteiger partial charge in [0.1, 0.15) is 12.5 Å². The van der Waals surface area contributed by atoms with E-state index in [1.807, 2.05) is 6.07 Å². The van der Waals surface area contributed by atoms with Crippen LogP contribution < -0.4 is 10.5 Å². The van der Waals surface area contributed by atoms with Gasteiger partial charge in [-0.05, 0) is 60.8 Å². The molecule has 1 aromatic carbocycles. The lowest BCUT2D eigenvalue weighted by Crippen LogP contribution is -2.61. The van der Waals surface area contributed by atoms with E-state index in [-0.39, 0.29) is 24.2 Å². The molecule has 5 nitrogen and oxygen atoms in total. The molecule has 3 N–H and O–H groups in total. The number of benzene rings is 1. The minimum Gasteiger partial charge on any atom is -0.479 e. The zero-order chi connectivity index (χ0) is 17.2. The summed E-state index contributed by atoms with van der Waals surface area (Å²) < 4.78 is 17.3. The van der Waals surface area contributed by atoms with Gasteiger partial charge in [-0.2, -0.15) is 0 Å². The van der Waals surface area contributed by atoms with Crippen LogP contribution in [0.15, 0.2) is 18.2 Å². The third-order valence-corrected chi connectivity index (χ3v) is 7.55. The maximum Gasteiger partial charge on any atom is 0.179 e. The zero-order valence-electron chi connectivity index (χ0n) is 14.7. The number of hydrogen-bond acceptors (Lipinski definition) is 5. The highest BCUT2D eigenvalue weighted by molar-refractivity contribution is 5.41. The lowest BCUT2D eigenvalue weighted by molar-refractivity contribution is -0.438. The quantitative estimate of drug-likeness (QED) is 0.806. The van der Waals surface area contributed by atoms with Crippen molar-refractivity contribution in [2.45, 2.75) is 56.8 Å². The first-order valence-corrected chi connectivity index (χ1v) is 9.50. The molecule has 3 fully saturated rings. The summed E-state index contributed by atoms with van der Waals surface area (Å²) in [7, 11) is 0. The predicted molar refractivity (Wildman–Crippen MR) is 91.9 cm³/mol. The summed E-state index contributed by atoms with van der Waals surface area (Å²) in [5.41, 5.74) is 8.02. The molecule has 1 saturated heterocycles. The molecule has 3 aliphatic carbocycles. The third-order valence-electron chi connectivity index (χ3n) is 7.55. The van der Waals surface area contributed by atoms with E-state index >= 15 is 0 Å². The molecule has 0 amide bonds. The van der Waals surface area contributed by atoms with Crippen molar-refractivity contribution in [3.8, 4) is 5.75 Å². The van der Waals surface area contributed by atoms with Crippen LogP contribution in [0.5, 0.6) is 5.75 Å². The first-order valence-electron chi connectivity index (χ1n) is 9.50. The van der Waals surface area contributed by atoms with Gasteiger partial charge in [0.25, 0.3) is 0 Å². The SMILES string of the molecule is C[C@]12CC(O)[C@@H]3c4ccc(OCN)cc4CCC3C1CCC21OCO1. The maximum atomic E-state index is 11.1. The molecule has 1 spiro atoms. The number of hydrogen-bond donors (Lipinski definition) is 2. The van der Waals surface area contributed by atoms with Crippen molar-refractivity contribution in [2.75, 3.05) is 13.5 Å². The second kappa shape index (κ2) is 5.43. The first-order chi connectivity index (χ1) is 12.1. The minimum absolute atomic E-state index is 0.0774. The lowest BCUT2D eigenvalue weighted by Gasteiger charge is -2.58. The van der Waals surface area contributed by atoms with Crippen molar-refractivity contribution in [1.29, 1.82) is 0 Å². The molecule has 0 radical (unpaired) electrons. The van der Waals surface area contributed by atoms with E-state index in [0.717, 1.165) is 37.9 Å². The Morgan fingerprint density at radius 3 is 2.88 bits per heavy atom. The standard InChI is InChI=1S/C20H27NO4/c1-19-9-17(22)18-14-5-3-13(23-10-21)8-12(14)2-4-15(18)16(19)6-7-20(19)24-11-25-20/h3,5,8,15-18,22H,2,4,6-7,9-11,21H2,1H3/t15?,16?,17?,18-,19+/m1/s1. The van der Waals surface area contributed by atoms with Crippen LogP contribution in [-0.2, 0) is 15.9 Å². The summed E-state index contributed by atoms with van der Waals surface area (Å²) in [6.45, 7) is 2.87. The number of aliphatic hydroxyl groups is 1. The second-order valence-electron chi connectivity index (χ2n) is 8.39. The smallest absolute Gasteiger partial charge is 0.179 e. The van der Waals surface area contributed by atoms with Gasteiger partial charge in [-0.1, -0.05) is 13.0 Å². The summed E-state index contributed by atoms with van der Waals surface area (Å²) in [5, 5.41) is 11.1. The van der Waals surface area contributed by atoms with Crippen LogP contribution in [0.4, 0.5) is 0 Å². The van der Waals surface area contributed by atoms with Crippen LogP contribution >= 0.6 is 0 Å². The van der Waals surface area contributed by atoms with Crippen LogP contribution in [0.3, 0.4) is 0 Å². The third kappa shape index (κ3) is 2.04. The molecular weight excluding hydrogens is 318 g/mol. The highest BCUT2D eigenvalue weighted by Gasteiger charge is 2.68. The highest BCUT2D eigenvalue weighted by Crippen LogP contribution is 2.67. The largest absolute Gasteiger partial charge is 0.479 e. The Hall–Kier alpha value is -1.14. The Balaban J connectivity index is 1.50. The van der Waals surface area contributed by atoms with Gasteiger partial charge in [0.2, 0.25) is 0 Å². The molecule has 3 unspecified atom stereocenters. The zero-order valence-corrected chi connectivity index (χ0v) is 14.7. The highest BCUT2D eigenvalue weighted by atomic mass is 16.9. The van der Waals surface area contributed by atoms with Gasteiger partial charge < -0.3 is 19.3 Å². The van der Waals surface area contributed by atoms with E-state index in [2.05, 4.69) is 19.1 Å². The van der Waals surface area contributed by atoms with Crippen LogP contribution in [-0.4, -0.2) is 30.5 Å². The van der Waals surface area contributed by atoms with Crippen molar-refractivity contribution < 1.29 is 19.3 Å². The average molecular weight is 345 g/mol. The van der Waals surface area contributed by atoms with Gasteiger partial charge in [0.05, 0.1) is 6.10 Å². The molecule has 4 aliphatic rings. The van der Waals surface area contributed by atoms with Crippen molar-refractivity contribution in [1.82, 2.24) is 0 Å². The Morgan fingerprint density at radius 1 is 1.32 bits per heavy atom. The Labute approximate surface area is 148 Å². The van der Waals surface area contributed by atoms with Gasteiger partial charge in [0.15, 0.2) is 12.6 Å². The molecular formula is C20H27NO4. The van der Waals surface area contributed by atoms with E-state index in [0.29, 0.717) is 18.6 Å². The second-order valence-corrected chi connectivity index (χ2v) is 8.39. The topological polar surface area (TPSA) is 73.9 Å². The van der Waals surface area contributed by atoms with Crippen LogP contribution in [0.25, 0.3) is 0 Å². The van der Waals surface area contributed by atoms with Crippen molar-refractivity contribution >= 4 is 0 Å². The average Bonchev–Trinajstić information content (AvgIpc) is 2.87. The molecule has 5 atom stereocenters. The number of ether oxygens (including phenoxy) is 3. The van der Waals surface area contributed by atoms with Gasteiger partial charge >= 0.3 is 0 Å². The molecule has 1 aliphatic heterocycles. The number of rotatable bonds is 2. The summed E-state index contributed by atoms with van der Waals surface area (Å²) >= 11 is 0. The summed E-state index contributed by atoms with van der Waals surface area (Å²) in [5.74, 6) is 1.64. The molecule has 1 heterocycles. The molecule has 0 bridgehead atoms. The monoisotopic (exact) mass is 345 g/mol. The van der Waals surface area contributed by atoms with E-state index in [1.165, 1.54) is 11.1 Å². The number of nitrogens with two attached hydrogens (primary N) is 1. The van der Waals surface area contributed by atoms with Crippen molar-refractivity contribution in [2.24, 2.45) is 23.0 Å². The van der Waals surface area contributed by atoms with E-state index < -0.39 is 5.79 Å². The number of fused-ring (bicyclic) bond motifs is 6. The van der Waals surface area contributed by atoms with Crippen molar-refractivity contribution in [3.05, 3.63) is 29.3 Å². The molecule has 2 saturated carbocycles. The van der Waals surface area contributed by atoms with E-state index in [1.54, 1.807) is 0 Å².